The average Bonchev–Trinajstić information content (AvgIpc) is 2.65. The lowest BCUT2D eigenvalue weighted by molar-refractivity contribution is -0.114. The van der Waals surface area contributed by atoms with E-state index in [9.17, 15) is 14.0 Å². The lowest BCUT2D eigenvalue weighted by Gasteiger charge is -2.32. The number of hydrogen-bond donors (Lipinski definition) is 1. The maximum atomic E-state index is 13.0. The van der Waals surface area contributed by atoms with E-state index in [0.717, 1.165) is 0 Å². The number of benzene rings is 2. The van der Waals surface area contributed by atoms with E-state index in [1.165, 1.54) is 19.1 Å². The van der Waals surface area contributed by atoms with Crippen LogP contribution in [-0.2, 0) is 4.79 Å². The highest BCUT2D eigenvalue weighted by Gasteiger charge is 2.26. The third kappa shape index (κ3) is 4.98. The Bertz CT molecular complexity index is 834. The van der Waals surface area contributed by atoms with E-state index in [4.69, 9.17) is 16.3 Å². The largest absolute Gasteiger partial charge is 0.490 e. The number of carbonyl (C=O) groups is 2. The number of rotatable bonds is 4. The summed E-state index contributed by atoms with van der Waals surface area (Å²) in [6.45, 7) is 2.47. The Labute approximate surface area is 162 Å². The average molecular weight is 391 g/mol. The van der Waals surface area contributed by atoms with Crippen molar-refractivity contribution < 1.29 is 18.7 Å². The topological polar surface area (TPSA) is 58.6 Å². The summed E-state index contributed by atoms with van der Waals surface area (Å²) >= 11 is 6.18. The molecule has 1 saturated heterocycles. The molecule has 1 aliphatic rings. The van der Waals surface area contributed by atoms with Crippen LogP contribution in [-0.4, -0.2) is 35.9 Å². The van der Waals surface area contributed by atoms with Crippen molar-refractivity contribution >= 4 is 29.1 Å². The van der Waals surface area contributed by atoms with Gasteiger partial charge in [0, 0.05) is 38.5 Å². The molecule has 27 heavy (non-hydrogen) atoms. The minimum atomic E-state index is -0.305. The molecule has 1 heterocycles. The minimum Gasteiger partial charge on any atom is -0.490 e. The van der Waals surface area contributed by atoms with Gasteiger partial charge in [-0.1, -0.05) is 11.6 Å². The first-order valence-electron chi connectivity index (χ1n) is 8.71. The molecular weight excluding hydrogens is 371 g/mol. The summed E-state index contributed by atoms with van der Waals surface area (Å²) in [5.74, 6) is -0.0738. The van der Waals surface area contributed by atoms with Crippen molar-refractivity contribution in [3.63, 3.8) is 0 Å². The van der Waals surface area contributed by atoms with Crippen LogP contribution in [0.2, 0.25) is 5.02 Å². The van der Waals surface area contributed by atoms with Crippen LogP contribution < -0.4 is 10.1 Å². The molecule has 1 aliphatic heterocycles. The molecule has 0 saturated carbocycles. The molecule has 1 N–H and O–H groups in total. The van der Waals surface area contributed by atoms with Crippen LogP contribution in [0.15, 0.2) is 42.5 Å². The van der Waals surface area contributed by atoms with Gasteiger partial charge in [0.05, 0.1) is 10.6 Å². The van der Waals surface area contributed by atoms with Gasteiger partial charge in [0.1, 0.15) is 17.7 Å². The number of halogens is 2. The maximum Gasteiger partial charge on any atom is 0.255 e. The Hall–Kier alpha value is -2.60. The van der Waals surface area contributed by atoms with Gasteiger partial charge in [0.2, 0.25) is 5.91 Å². The fourth-order valence-corrected chi connectivity index (χ4v) is 3.22. The number of ether oxygens (including phenoxy) is 1. The Morgan fingerprint density at radius 1 is 1.15 bits per heavy atom. The smallest absolute Gasteiger partial charge is 0.255 e. The lowest BCUT2D eigenvalue weighted by atomic mass is 10.1. The Kier molecular flexibility index (Phi) is 5.96. The Morgan fingerprint density at radius 2 is 1.81 bits per heavy atom. The van der Waals surface area contributed by atoms with Crippen molar-refractivity contribution in [1.82, 2.24) is 4.90 Å². The molecule has 5 nitrogen and oxygen atoms in total. The summed E-state index contributed by atoms with van der Waals surface area (Å²) in [7, 11) is 0. The zero-order valence-electron chi connectivity index (χ0n) is 14.9. The number of amides is 2. The third-order valence-electron chi connectivity index (χ3n) is 4.36. The standard InChI is InChI=1S/C20H20ClFN2O3/c1-13(25)23-15-4-7-19(21)18(12-15)20(26)24-10-8-17(9-11-24)27-16-5-2-14(22)3-6-16/h2-7,12,17H,8-11H2,1H3,(H,23,25). The number of piperidine rings is 1. The van der Waals surface area contributed by atoms with Crippen molar-refractivity contribution in [3.05, 3.63) is 58.9 Å². The molecule has 0 spiro atoms. The van der Waals surface area contributed by atoms with Gasteiger partial charge in [0.25, 0.3) is 5.91 Å². The van der Waals surface area contributed by atoms with Crippen molar-refractivity contribution in [2.24, 2.45) is 0 Å². The van der Waals surface area contributed by atoms with Gasteiger partial charge in [-0.2, -0.15) is 0 Å². The summed E-state index contributed by atoms with van der Waals surface area (Å²) in [5.41, 5.74) is 0.894. The predicted molar refractivity (Wildman–Crippen MR) is 102 cm³/mol. The first kappa shape index (κ1) is 19.2. The number of carbonyl (C=O) groups excluding carboxylic acids is 2. The summed E-state index contributed by atoms with van der Waals surface area (Å²) in [6, 6.07) is 10.8. The molecule has 0 aliphatic carbocycles. The van der Waals surface area contributed by atoms with Crippen molar-refractivity contribution in [3.8, 4) is 5.75 Å². The van der Waals surface area contributed by atoms with E-state index >= 15 is 0 Å². The van der Waals surface area contributed by atoms with Gasteiger partial charge in [-0.3, -0.25) is 9.59 Å². The molecule has 3 rings (SSSR count). The van der Waals surface area contributed by atoms with Crippen molar-refractivity contribution in [2.45, 2.75) is 25.9 Å². The second-order valence-electron chi connectivity index (χ2n) is 6.44. The number of likely N-dealkylation sites (tertiary alicyclic amines) is 1. The molecule has 2 aromatic rings. The van der Waals surface area contributed by atoms with E-state index in [2.05, 4.69) is 5.32 Å². The number of hydrogen-bond acceptors (Lipinski definition) is 3. The lowest BCUT2D eigenvalue weighted by Crippen LogP contribution is -2.41. The first-order valence-corrected chi connectivity index (χ1v) is 9.09. The van der Waals surface area contributed by atoms with Gasteiger partial charge in [-0.25, -0.2) is 4.39 Å². The van der Waals surface area contributed by atoms with Crippen LogP contribution in [0.5, 0.6) is 5.75 Å². The second-order valence-corrected chi connectivity index (χ2v) is 6.85. The van der Waals surface area contributed by atoms with Gasteiger partial charge in [0.15, 0.2) is 0 Å². The van der Waals surface area contributed by atoms with Crippen LogP contribution in [0.3, 0.4) is 0 Å². The summed E-state index contributed by atoms with van der Waals surface area (Å²) in [5, 5.41) is 3.00. The zero-order chi connectivity index (χ0) is 19.4. The fourth-order valence-electron chi connectivity index (χ4n) is 3.02. The van der Waals surface area contributed by atoms with Crippen molar-refractivity contribution in [1.29, 1.82) is 0 Å². The molecular formula is C20H20ClFN2O3. The molecule has 2 aromatic carbocycles. The molecule has 2 amide bonds. The van der Waals surface area contributed by atoms with E-state index in [-0.39, 0.29) is 23.7 Å². The molecule has 7 heteroatoms. The van der Waals surface area contributed by atoms with E-state index in [1.807, 2.05) is 0 Å². The van der Waals surface area contributed by atoms with Crippen LogP contribution in [0.4, 0.5) is 10.1 Å². The zero-order valence-corrected chi connectivity index (χ0v) is 15.6. The SMILES string of the molecule is CC(=O)Nc1ccc(Cl)c(C(=O)N2CCC(Oc3ccc(F)cc3)CC2)c1. The van der Waals surface area contributed by atoms with Crippen LogP contribution in [0, 0.1) is 5.82 Å². The van der Waals surface area contributed by atoms with Gasteiger partial charge in [-0.15, -0.1) is 0 Å². The molecule has 142 valence electrons. The van der Waals surface area contributed by atoms with Crippen LogP contribution in [0.25, 0.3) is 0 Å². The quantitative estimate of drug-likeness (QED) is 0.854. The number of nitrogens with one attached hydrogen (secondary N) is 1. The number of nitrogens with zero attached hydrogens (tertiary/aromatic N) is 1. The van der Waals surface area contributed by atoms with Crippen molar-refractivity contribution in [2.75, 3.05) is 18.4 Å². The molecule has 0 radical (unpaired) electrons. The van der Waals surface area contributed by atoms with Gasteiger partial charge in [-0.05, 0) is 42.5 Å². The second kappa shape index (κ2) is 8.39. The summed E-state index contributed by atoms with van der Waals surface area (Å²) in [6.07, 6.45) is 1.32. The summed E-state index contributed by atoms with van der Waals surface area (Å²) in [4.78, 5) is 25.7. The highest BCUT2D eigenvalue weighted by molar-refractivity contribution is 6.34. The first-order chi connectivity index (χ1) is 12.9. The Balaban J connectivity index is 1.61. The monoisotopic (exact) mass is 390 g/mol. The molecule has 0 unspecified atom stereocenters. The normalized spacial score (nSPS) is 14.7. The van der Waals surface area contributed by atoms with Crippen LogP contribution in [0.1, 0.15) is 30.1 Å². The minimum absolute atomic E-state index is 0.0271. The van der Waals surface area contributed by atoms with Crippen LogP contribution >= 0.6 is 11.6 Å². The molecule has 0 atom stereocenters. The Morgan fingerprint density at radius 3 is 2.44 bits per heavy atom. The summed E-state index contributed by atoms with van der Waals surface area (Å²) < 4.78 is 18.8. The molecule has 1 fully saturated rings. The highest BCUT2D eigenvalue weighted by Crippen LogP contribution is 2.25. The molecule has 0 aromatic heterocycles. The third-order valence-corrected chi connectivity index (χ3v) is 4.69. The van der Waals surface area contributed by atoms with E-state index < -0.39 is 0 Å². The van der Waals surface area contributed by atoms with Gasteiger partial charge < -0.3 is 15.0 Å². The van der Waals surface area contributed by atoms with E-state index in [0.29, 0.717) is 48.0 Å². The molecule has 0 bridgehead atoms. The van der Waals surface area contributed by atoms with Gasteiger partial charge >= 0.3 is 0 Å². The fraction of sp³-hybridized carbons (Fsp3) is 0.300. The predicted octanol–water partition coefficient (Wildman–Crippen LogP) is 4.12. The highest BCUT2D eigenvalue weighted by atomic mass is 35.5. The number of anilines is 1. The van der Waals surface area contributed by atoms with E-state index in [1.54, 1.807) is 35.2 Å². The maximum absolute atomic E-state index is 13.0.